The van der Waals surface area contributed by atoms with Gasteiger partial charge in [0.25, 0.3) is 0 Å². The van der Waals surface area contributed by atoms with E-state index in [1.165, 1.54) is 12.1 Å². The molecule has 0 aliphatic rings. The van der Waals surface area contributed by atoms with Crippen molar-refractivity contribution in [3.8, 4) is 0 Å². The molecule has 0 bridgehead atoms. The van der Waals surface area contributed by atoms with Crippen LogP contribution in [-0.2, 0) is 21.1 Å². The Balaban J connectivity index is 2.72. The third kappa shape index (κ3) is 5.75. The molecular formula is C16H24FNO3S. The Kier molecular flexibility index (Phi) is 6.53. The minimum atomic E-state index is -3.41. The topological polar surface area (TPSA) is 63.2 Å². The van der Waals surface area contributed by atoms with Gasteiger partial charge < -0.3 is 5.32 Å². The van der Waals surface area contributed by atoms with Gasteiger partial charge in [-0.25, -0.2) is 12.8 Å². The summed E-state index contributed by atoms with van der Waals surface area (Å²) < 4.78 is 36.5. The van der Waals surface area contributed by atoms with Gasteiger partial charge in [-0.15, -0.1) is 0 Å². The van der Waals surface area contributed by atoms with Crippen molar-refractivity contribution in [3.63, 3.8) is 0 Å². The summed E-state index contributed by atoms with van der Waals surface area (Å²) in [5, 5.41) is 2.20. The average Bonchev–Trinajstić information content (AvgIpc) is 2.39. The Hall–Kier alpha value is -1.43. The van der Waals surface area contributed by atoms with Crippen LogP contribution in [0.25, 0.3) is 0 Å². The summed E-state index contributed by atoms with van der Waals surface area (Å²) in [7, 11) is -3.41. The molecule has 0 heterocycles. The Labute approximate surface area is 132 Å². The van der Waals surface area contributed by atoms with Crippen molar-refractivity contribution in [2.75, 3.05) is 5.75 Å². The maximum Gasteiger partial charge on any atom is 0.235 e. The second-order valence-electron chi connectivity index (χ2n) is 6.10. The standard InChI is InChI=1S/C16H24FNO3S/c1-11(2)15(9-13-5-7-14(17)8-6-13)18-16(19)10-22(20,21)12(3)4/h5-8,11-12,15H,9-10H2,1-4H3,(H,18,19)/t15-/m0/s1. The first-order chi connectivity index (χ1) is 10.1. The van der Waals surface area contributed by atoms with Gasteiger partial charge in [-0.3, -0.25) is 4.79 Å². The molecule has 1 aromatic rings. The molecule has 1 rings (SSSR count). The second kappa shape index (κ2) is 7.72. The zero-order valence-corrected chi connectivity index (χ0v) is 14.3. The maximum absolute atomic E-state index is 12.9. The molecule has 1 aromatic carbocycles. The lowest BCUT2D eigenvalue weighted by Crippen LogP contribution is -2.43. The van der Waals surface area contributed by atoms with Crippen molar-refractivity contribution in [1.29, 1.82) is 0 Å². The number of carbonyl (C=O) groups excluding carboxylic acids is 1. The van der Waals surface area contributed by atoms with Crippen LogP contribution < -0.4 is 5.32 Å². The van der Waals surface area contributed by atoms with E-state index in [1.807, 2.05) is 13.8 Å². The van der Waals surface area contributed by atoms with E-state index in [9.17, 15) is 17.6 Å². The van der Waals surface area contributed by atoms with E-state index in [2.05, 4.69) is 5.32 Å². The summed E-state index contributed by atoms with van der Waals surface area (Å²) in [6.45, 7) is 7.01. The monoisotopic (exact) mass is 329 g/mol. The summed E-state index contributed by atoms with van der Waals surface area (Å²) in [6, 6.07) is 5.89. The predicted octanol–water partition coefficient (Wildman–Crippen LogP) is 2.33. The summed E-state index contributed by atoms with van der Waals surface area (Å²) in [5.41, 5.74) is 0.895. The molecule has 6 heteroatoms. The molecule has 22 heavy (non-hydrogen) atoms. The van der Waals surface area contributed by atoms with E-state index in [-0.39, 0.29) is 17.8 Å². The molecule has 0 radical (unpaired) electrons. The maximum atomic E-state index is 12.9. The van der Waals surface area contributed by atoms with Gasteiger partial charge in [-0.2, -0.15) is 0 Å². The highest BCUT2D eigenvalue weighted by Gasteiger charge is 2.23. The van der Waals surface area contributed by atoms with E-state index in [4.69, 9.17) is 0 Å². The minimum absolute atomic E-state index is 0.135. The SMILES string of the molecule is CC(C)[C@H](Cc1ccc(F)cc1)NC(=O)CS(=O)(=O)C(C)C. The van der Waals surface area contributed by atoms with Gasteiger partial charge in [0.2, 0.25) is 5.91 Å². The fourth-order valence-electron chi connectivity index (χ4n) is 1.93. The quantitative estimate of drug-likeness (QED) is 0.835. The zero-order valence-electron chi connectivity index (χ0n) is 13.5. The lowest BCUT2D eigenvalue weighted by molar-refractivity contribution is -0.119. The Morgan fingerprint density at radius 2 is 1.68 bits per heavy atom. The van der Waals surface area contributed by atoms with Crippen molar-refractivity contribution in [2.24, 2.45) is 5.92 Å². The number of halogens is 1. The summed E-state index contributed by atoms with van der Waals surface area (Å²) in [5.74, 6) is -1.17. The highest BCUT2D eigenvalue weighted by molar-refractivity contribution is 7.92. The first-order valence-corrected chi connectivity index (χ1v) is 9.08. The van der Waals surface area contributed by atoms with Gasteiger partial charge in [0.1, 0.15) is 11.6 Å². The molecule has 0 saturated carbocycles. The number of nitrogens with one attached hydrogen (secondary N) is 1. The van der Waals surface area contributed by atoms with Crippen LogP contribution in [0.3, 0.4) is 0 Å². The first kappa shape index (κ1) is 18.6. The van der Waals surface area contributed by atoms with Gasteiger partial charge in [0.15, 0.2) is 9.84 Å². The van der Waals surface area contributed by atoms with Gasteiger partial charge in [-0.1, -0.05) is 26.0 Å². The molecule has 0 spiro atoms. The molecule has 0 saturated heterocycles. The number of hydrogen-bond donors (Lipinski definition) is 1. The van der Waals surface area contributed by atoms with E-state index in [1.54, 1.807) is 26.0 Å². The van der Waals surface area contributed by atoms with Gasteiger partial charge in [0.05, 0.1) is 5.25 Å². The second-order valence-corrected chi connectivity index (χ2v) is 8.66. The van der Waals surface area contributed by atoms with Crippen molar-refractivity contribution < 1.29 is 17.6 Å². The van der Waals surface area contributed by atoms with Crippen LogP contribution in [0, 0.1) is 11.7 Å². The molecule has 124 valence electrons. The average molecular weight is 329 g/mol. The number of rotatable bonds is 7. The molecule has 1 atom stereocenters. The number of benzene rings is 1. The number of hydrogen-bond acceptors (Lipinski definition) is 3. The zero-order chi connectivity index (χ0) is 16.9. The molecule has 0 aromatic heterocycles. The van der Waals surface area contributed by atoms with Crippen LogP contribution in [-0.4, -0.2) is 31.4 Å². The van der Waals surface area contributed by atoms with Crippen LogP contribution in [0.2, 0.25) is 0 Å². The third-order valence-corrected chi connectivity index (χ3v) is 5.67. The Bertz CT molecular complexity index is 594. The van der Waals surface area contributed by atoms with E-state index in [0.717, 1.165) is 5.56 Å². The fourth-order valence-corrected chi connectivity index (χ4v) is 2.71. The number of sulfone groups is 1. The largest absolute Gasteiger partial charge is 0.352 e. The molecule has 1 N–H and O–H groups in total. The van der Waals surface area contributed by atoms with E-state index >= 15 is 0 Å². The smallest absolute Gasteiger partial charge is 0.235 e. The lowest BCUT2D eigenvalue weighted by atomic mass is 9.96. The lowest BCUT2D eigenvalue weighted by Gasteiger charge is -2.23. The molecule has 0 aliphatic heterocycles. The van der Waals surface area contributed by atoms with Crippen LogP contribution in [0.4, 0.5) is 4.39 Å². The van der Waals surface area contributed by atoms with Crippen LogP contribution >= 0.6 is 0 Å². The third-order valence-electron chi connectivity index (χ3n) is 3.57. The van der Waals surface area contributed by atoms with Crippen molar-refractivity contribution >= 4 is 15.7 Å². The summed E-state index contributed by atoms with van der Waals surface area (Å²) in [4.78, 5) is 12.0. The van der Waals surface area contributed by atoms with E-state index in [0.29, 0.717) is 6.42 Å². The molecule has 0 aliphatic carbocycles. The van der Waals surface area contributed by atoms with Crippen LogP contribution in [0.1, 0.15) is 33.3 Å². The van der Waals surface area contributed by atoms with Gasteiger partial charge in [-0.05, 0) is 43.9 Å². The fraction of sp³-hybridized carbons (Fsp3) is 0.562. The van der Waals surface area contributed by atoms with Crippen molar-refractivity contribution in [3.05, 3.63) is 35.6 Å². The predicted molar refractivity (Wildman–Crippen MR) is 85.8 cm³/mol. The number of carbonyl (C=O) groups is 1. The summed E-state index contributed by atoms with van der Waals surface area (Å²) in [6.07, 6.45) is 0.533. The molecular weight excluding hydrogens is 305 g/mol. The Morgan fingerprint density at radius 1 is 1.14 bits per heavy atom. The van der Waals surface area contributed by atoms with E-state index < -0.39 is 26.7 Å². The number of amides is 1. The van der Waals surface area contributed by atoms with Gasteiger partial charge in [0, 0.05) is 6.04 Å². The normalized spacial score (nSPS) is 13.4. The van der Waals surface area contributed by atoms with Gasteiger partial charge >= 0.3 is 0 Å². The highest BCUT2D eigenvalue weighted by atomic mass is 32.2. The molecule has 0 unspecified atom stereocenters. The first-order valence-electron chi connectivity index (χ1n) is 7.37. The van der Waals surface area contributed by atoms with Crippen LogP contribution in [0.15, 0.2) is 24.3 Å². The summed E-state index contributed by atoms with van der Waals surface area (Å²) >= 11 is 0. The van der Waals surface area contributed by atoms with Crippen LogP contribution in [0.5, 0.6) is 0 Å². The highest BCUT2D eigenvalue weighted by Crippen LogP contribution is 2.12. The molecule has 4 nitrogen and oxygen atoms in total. The minimum Gasteiger partial charge on any atom is -0.352 e. The Morgan fingerprint density at radius 3 is 2.14 bits per heavy atom. The van der Waals surface area contributed by atoms with Crippen molar-refractivity contribution in [1.82, 2.24) is 5.32 Å². The van der Waals surface area contributed by atoms with Crippen molar-refractivity contribution in [2.45, 2.75) is 45.4 Å². The molecule has 0 fully saturated rings. The molecule has 1 amide bonds.